The maximum atomic E-state index is 5.29. The van der Waals surface area contributed by atoms with Crippen LogP contribution in [-0.4, -0.2) is 22.3 Å². The molecule has 5 nitrogen and oxygen atoms in total. The summed E-state index contributed by atoms with van der Waals surface area (Å²) in [5.41, 5.74) is 2.87. The van der Waals surface area contributed by atoms with E-state index in [1.165, 1.54) is 49.8 Å². The molecule has 1 aliphatic rings. The van der Waals surface area contributed by atoms with Crippen LogP contribution in [0.1, 0.15) is 57.6 Å². The van der Waals surface area contributed by atoms with Crippen LogP contribution >= 0.6 is 11.8 Å². The molecule has 1 saturated carbocycles. The van der Waals surface area contributed by atoms with Crippen LogP contribution in [0.25, 0.3) is 11.3 Å². The van der Waals surface area contributed by atoms with Gasteiger partial charge in [-0.2, -0.15) is 5.10 Å². The first-order valence-electron chi connectivity index (χ1n) is 13.3. The molecule has 0 atom stereocenters. The summed E-state index contributed by atoms with van der Waals surface area (Å²) in [5.74, 6) is 3.39. The van der Waals surface area contributed by atoms with Gasteiger partial charge in [-0.15, -0.1) is 0 Å². The lowest BCUT2D eigenvalue weighted by Gasteiger charge is -2.20. The van der Waals surface area contributed by atoms with E-state index in [9.17, 15) is 0 Å². The minimum absolute atomic E-state index is 0.714. The average Bonchev–Trinajstić information content (AvgIpc) is 3.39. The van der Waals surface area contributed by atoms with Crippen molar-refractivity contribution in [2.45, 2.75) is 68.6 Å². The molecule has 2 aromatic carbocycles. The smallest absolute Gasteiger partial charge is 0.153 e. The molecule has 2 N–H and O–H groups in total. The van der Waals surface area contributed by atoms with Gasteiger partial charge >= 0.3 is 0 Å². The van der Waals surface area contributed by atoms with Gasteiger partial charge in [0.15, 0.2) is 5.82 Å². The topological polar surface area (TPSA) is 62.8 Å². The normalized spacial score (nSPS) is 13.5. The van der Waals surface area contributed by atoms with Gasteiger partial charge < -0.3 is 10.1 Å². The lowest BCUT2D eigenvalue weighted by atomic mass is 9.86. The molecular formula is C31H38N4OS. The highest BCUT2D eigenvalue weighted by molar-refractivity contribution is 7.99. The number of anilines is 2. The van der Waals surface area contributed by atoms with Gasteiger partial charge in [0.1, 0.15) is 11.6 Å². The van der Waals surface area contributed by atoms with Crippen molar-refractivity contribution in [1.82, 2.24) is 15.2 Å². The van der Waals surface area contributed by atoms with Crippen LogP contribution < -0.4 is 10.1 Å². The zero-order valence-corrected chi connectivity index (χ0v) is 23.0. The molecule has 37 heavy (non-hydrogen) atoms. The van der Waals surface area contributed by atoms with Gasteiger partial charge in [-0.3, -0.25) is 5.10 Å². The van der Waals surface area contributed by atoms with Crippen LogP contribution in [0.4, 0.5) is 11.6 Å². The molecule has 1 aliphatic carbocycles. The number of aromatic nitrogens is 3. The van der Waals surface area contributed by atoms with Crippen molar-refractivity contribution in [1.29, 1.82) is 0 Å². The summed E-state index contributed by atoms with van der Waals surface area (Å²) in [4.78, 5) is 6.90. The molecule has 194 valence electrons. The van der Waals surface area contributed by atoms with Gasteiger partial charge in [-0.05, 0) is 49.2 Å². The number of ether oxygens (including phenoxy) is 1. The monoisotopic (exact) mass is 514 g/mol. The first kappa shape index (κ1) is 26.8. The summed E-state index contributed by atoms with van der Waals surface area (Å²) in [6.07, 6.45) is 10.4. The lowest BCUT2D eigenvalue weighted by Crippen LogP contribution is -2.04. The van der Waals surface area contributed by atoms with E-state index in [1.807, 2.05) is 61.5 Å². The first-order chi connectivity index (χ1) is 18.1. The van der Waals surface area contributed by atoms with Crippen molar-refractivity contribution in [3.63, 3.8) is 0 Å². The van der Waals surface area contributed by atoms with Crippen LogP contribution in [0.2, 0.25) is 0 Å². The van der Waals surface area contributed by atoms with Crippen molar-refractivity contribution in [2.24, 2.45) is 5.92 Å². The Morgan fingerprint density at radius 2 is 1.73 bits per heavy atom. The number of aryl methyl sites for hydroxylation is 1. The molecule has 0 saturated heterocycles. The Hall–Kier alpha value is -3.25. The van der Waals surface area contributed by atoms with E-state index in [2.05, 4.69) is 45.6 Å². The van der Waals surface area contributed by atoms with Crippen LogP contribution in [0.3, 0.4) is 0 Å². The summed E-state index contributed by atoms with van der Waals surface area (Å²) in [6, 6.07) is 24.2. The van der Waals surface area contributed by atoms with E-state index in [1.54, 1.807) is 18.9 Å². The lowest BCUT2D eigenvalue weighted by molar-refractivity contribution is 0.336. The Labute approximate surface area is 225 Å². The predicted octanol–water partition coefficient (Wildman–Crippen LogP) is 9.05. The zero-order chi connectivity index (χ0) is 25.9. The number of methoxy groups -OCH3 is 1. The van der Waals surface area contributed by atoms with Crippen molar-refractivity contribution < 1.29 is 4.74 Å². The van der Waals surface area contributed by atoms with Gasteiger partial charge in [-0.1, -0.05) is 94.0 Å². The summed E-state index contributed by atoms with van der Waals surface area (Å²) in [6.45, 7) is 4.29. The number of pyridine rings is 1. The van der Waals surface area contributed by atoms with E-state index in [-0.39, 0.29) is 0 Å². The fourth-order valence-electron chi connectivity index (χ4n) is 4.72. The number of benzene rings is 2. The first-order valence-corrected chi connectivity index (χ1v) is 14.1. The minimum Gasteiger partial charge on any atom is -0.497 e. The van der Waals surface area contributed by atoms with Crippen LogP contribution in [0, 0.1) is 12.8 Å². The quantitative estimate of drug-likeness (QED) is 0.245. The maximum Gasteiger partial charge on any atom is 0.153 e. The van der Waals surface area contributed by atoms with Crippen LogP contribution in [0.15, 0.2) is 82.6 Å². The Bertz CT molecular complexity index is 1230. The highest BCUT2D eigenvalue weighted by Gasteiger charge is 2.11. The largest absolute Gasteiger partial charge is 0.497 e. The summed E-state index contributed by atoms with van der Waals surface area (Å²) in [5, 5.41) is 10.7. The fourth-order valence-corrected chi connectivity index (χ4v) is 5.69. The molecule has 0 bridgehead atoms. The Kier molecular flexibility index (Phi) is 10.1. The second-order valence-corrected chi connectivity index (χ2v) is 10.7. The Morgan fingerprint density at radius 3 is 2.49 bits per heavy atom. The number of nitrogens with one attached hydrogen (secondary N) is 2. The van der Waals surface area contributed by atoms with E-state index in [0.29, 0.717) is 5.82 Å². The van der Waals surface area contributed by atoms with Gasteiger partial charge in [0.25, 0.3) is 0 Å². The second kappa shape index (κ2) is 13.9. The van der Waals surface area contributed by atoms with Gasteiger partial charge in [0, 0.05) is 27.1 Å². The SMILES string of the molecule is CCCC1CCCCC1.COc1cccc(-c2cc(Nc3cc(Sc4ccccc4)cc(C)n3)n[nH]2)c1. The standard InChI is InChI=1S/C22H20N4OS.C9H18/c1-15-11-19(28-18-9-4-3-5-10-18)13-21(23-15)24-22-14-20(25-26-22)16-7-6-8-17(12-16)27-2;1-2-6-9-7-4-3-5-8-9/h3-14H,1-2H3,(H2,23,24,25,26);9H,2-8H2,1H3. The van der Waals surface area contributed by atoms with Gasteiger partial charge in [0.2, 0.25) is 0 Å². The molecular weight excluding hydrogens is 476 g/mol. The molecule has 0 spiro atoms. The number of aromatic amines is 1. The number of nitrogens with zero attached hydrogens (tertiary/aromatic N) is 2. The molecule has 5 rings (SSSR count). The molecule has 2 aromatic heterocycles. The summed E-state index contributed by atoms with van der Waals surface area (Å²) in [7, 11) is 1.66. The third-order valence-corrected chi connectivity index (χ3v) is 7.52. The number of H-pyrrole nitrogens is 1. The highest BCUT2D eigenvalue weighted by Crippen LogP contribution is 2.31. The van der Waals surface area contributed by atoms with Crippen LogP contribution in [0.5, 0.6) is 5.75 Å². The molecule has 0 aliphatic heterocycles. The van der Waals surface area contributed by atoms with Crippen molar-refractivity contribution in [3.05, 3.63) is 78.5 Å². The van der Waals surface area contributed by atoms with E-state index < -0.39 is 0 Å². The van der Waals surface area contributed by atoms with E-state index in [0.717, 1.165) is 39.3 Å². The van der Waals surface area contributed by atoms with Crippen molar-refractivity contribution in [2.75, 3.05) is 12.4 Å². The Balaban J connectivity index is 0.000000301. The average molecular weight is 515 g/mol. The highest BCUT2D eigenvalue weighted by atomic mass is 32.2. The third kappa shape index (κ3) is 8.39. The number of hydrogen-bond donors (Lipinski definition) is 2. The minimum atomic E-state index is 0.714. The van der Waals surface area contributed by atoms with E-state index in [4.69, 9.17) is 4.74 Å². The number of rotatable bonds is 8. The van der Waals surface area contributed by atoms with Crippen molar-refractivity contribution >= 4 is 23.4 Å². The molecule has 2 heterocycles. The molecule has 4 aromatic rings. The van der Waals surface area contributed by atoms with Crippen LogP contribution in [-0.2, 0) is 0 Å². The van der Waals surface area contributed by atoms with Gasteiger partial charge in [0.05, 0.1) is 12.8 Å². The number of hydrogen-bond acceptors (Lipinski definition) is 5. The predicted molar refractivity (Wildman–Crippen MR) is 155 cm³/mol. The van der Waals surface area contributed by atoms with Gasteiger partial charge in [-0.25, -0.2) is 4.98 Å². The summed E-state index contributed by atoms with van der Waals surface area (Å²) < 4.78 is 5.29. The zero-order valence-electron chi connectivity index (χ0n) is 22.2. The van der Waals surface area contributed by atoms with E-state index >= 15 is 0 Å². The molecule has 6 heteroatoms. The molecule has 1 fully saturated rings. The Morgan fingerprint density at radius 1 is 0.919 bits per heavy atom. The third-order valence-electron chi connectivity index (χ3n) is 6.54. The summed E-state index contributed by atoms with van der Waals surface area (Å²) >= 11 is 1.71. The second-order valence-electron chi connectivity index (χ2n) is 9.56. The maximum absolute atomic E-state index is 5.29. The molecule has 0 amide bonds. The molecule has 0 unspecified atom stereocenters. The van der Waals surface area contributed by atoms with Crippen molar-refractivity contribution in [3.8, 4) is 17.0 Å². The fraction of sp³-hybridized carbons (Fsp3) is 0.355. The molecule has 0 radical (unpaired) electrons.